The van der Waals surface area contributed by atoms with E-state index in [4.69, 9.17) is 11.6 Å². The summed E-state index contributed by atoms with van der Waals surface area (Å²) in [5, 5.41) is 2.41. The van der Waals surface area contributed by atoms with Crippen molar-refractivity contribution in [1.82, 2.24) is 0 Å². The molecule has 0 heterocycles. The maximum Gasteiger partial charge on any atom is 0.135 e. The van der Waals surface area contributed by atoms with Gasteiger partial charge in [-0.15, -0.1) is 0 Å². The van der Waals surface area contributed by atoms with E-state index in [1.165, 1.54) is 0 Å². The molecule has 0 saturated heterocycles. The van der Waals surface area contributed by atoms with E-state index in [0.717, 1.165) is 15.6 Å². The summed E-state index contributed by atoms with van der Waals surface area (Å²) in [6, 6.07) is 15.3. The van der Waals surface area contributed by atoms with Crippen LogP contribution in [-0.2, 0) is 16.9 Å². The van der Waals surface area contributed by atoms with E-state index in [1.54, 1.807) is 5.41 Å². The number of benzene rings is 2. The Bertz CT molecular complexity index is 551. The molecule has 0 spiro atoms. The molecule has 0 aliphatic carbocycles. The average molecular weight is 356 g/mol. The Hall–Kier alpha value is -0.740. The maximum absolute atomic E-state index is 11.9. The third-order valence-corrected chi connectivity index (χ3v) is 4.34. The molecule has 0 N–H and O–H groups in total. The first-order valence-electron chi connectivity index (χ1n) is 5.69. The second-order valence-corrected chi connectivity index (χ2v) is 6.68. The van der Waals surface area contributed by atoms with Crippen molar-refractivity contribution in [2.75, 3.05) is 0 Å². The molecular weight excluding hydrogens is 344 g/mol. The van der Waals surface area contributed by atoms with Crippen LogP contribution in [0.25, 0.3) is 6.08 Å². The molecule has 0 saturated carbocycles. The molecule has 4 heteroatoms. The van der Waals surface area contributed by atoms with E-state index in [1.807, 2.05) is 54.6 Å². The zero-order valence-electron chi connectivity index (χ0n) is 10.1. The Labute approximate surface area is 129 Å². The molecule has 1 atom stereocenters. The average Bonchev–Trinajstić information content (AvgIpc) is 2.41. The lowest BCUT2D eigenvalue weighted by Gasteiger charge is -2.05. The Morgan fingerprint density at radius 3 is 2.32 bits per heavy atom. The van der Waals surface area contributed by atoms with Crippen LogP contribution in [0.2, 0.25) is 5.02 Å². The summed E-state index contributed by atoms with van der Waals surface area (Å²) in [5.41, 5.74) is 2.05. The van der Waals surface area contributed by atoms with Crippen molar-refractivity contribution in [3.8, 4) is 0 Å². The third-order valence-electron chi connectivity index (χ3n) is 2.50. The normalized spacial score (nSPS) is 12.8. The number of hydrogen-bond donors (Lipinski definition) is 0. The minimum Gasteiger partial charge on any atom is -0.612 e. The molecular formula is C15H12BrClOS. The van der Waals surface area contributed by atoms with Gasteiger partial charge in [-0.05, 0) is 47.1 Å². The minimum absolute atomic E-state index is 0.504. The molecule has 0 amide bonds. The van der Waals surface area contributed by atoms with Gasteiger partial charge in [-0.2, -0.15) is 0 Å². The van der Waals surface area contributed by atoms with E-state index in [0.29, 0.717) is 10.8 Å². The second kappa shape index (κ2) is 7.15. The molecule has 0 fully saturated rings. The molecule has 0 aliphatic rings. The highest BCUT2D eigenvalue weighted by Crippen LogP contribution is 2.15. The van der Waals surface area contributed by atoms with Crippen LogP contribution < -0.4 is 0 Å². The highest BCUT2D eigenvalue weighted by atomic mass is 79.9. The van der Waals surface area contributed by atoms with Crippen molar-refractivity contribution in [2.24, 2.45) is 0 Å². The van der Waals surface area contributed by atoms with E-state index in [2.05, 4.69) is 15.9 Å². The predicted molar refractivity (Wildman–Crippen MR) is 86.5 cm³/mol. The molecule has 1 nitrogen and oxygen atoms in total. The Balaban J connectivity index is 1.95. The van der Waals surface area contributed by atoms with Crippen molar-refractivity contribution < 1.29 is 4.55 Å². The zero-order chi connectivity index (χ0) is 13.7. The summed E-state index contributed by atoms with van der Waals surface area (Å²) >= 11 is 8.17. The molecule has 0 aliphatic heterocycles. The third kappa shape index (κ3) is 5.03. The lowest BCUT2D eigenvalue weighted by molar-refractivity contribution is 0.603. The van der Waals surface area contributed by atoms with Crippen molar-refractivity contribution in [3.63, 3.8) is 0 Å². The van der Waals surface area contributed by atoms with Crippen LogP contribution in [0.15, 0.2) is 58.4 Å². The monoisotopic (exact) mass is 354 g/mol. The summed E-state index contributed by atoms with van der Waals surface area (Å²) in [6.45, 7) is 0. The standard InChI is InChI=1S/C15H12BrClOS/c16-14-5-1-12(2-6-14)9-10-19(18)11-13-3-7-15(17)8-4-13/h1-10H,11H2/b10-9+. The van der Waals surface area contributed by atoms with Crippen LogP contribution in [0, 0.1) is 0 Å². The molecule has 2 aromatic rings. The summed E-state index contributed by atoms with van der Waals surface area (Å²) in [7, 11) is 0. The van der Waals surface area contributed by atoms with Gasteiger partial charge in [0.05, 0.1) is 0 Å². The van der Waals surface area contributed by atoms with Gasteiger partial charge >= 0.3 is 0 Å². The largest absolute Gasteiger partial charge is 0.612 e. The van der Waals surface area contributed by atoms with Crippen LogP contribution in [0.3, 0.4) is 0 Å². The molecule has 0 bridgehead atoms. The van der Waals surface area contributed by atoms with E-state index < -0.39 is 11.2 Å². The quantitative estimate of drug-likeness (QED) is 0.706. The first kappa shape index (κ1) is 14.7. The molecule has 0 aromatic heterocycles. The van der Waals surface area contributed by atoms with Gasteiger partial charge in [0.15, 0.2) is 0 Å². The molecule has 2 rings (SSSR count). The number of rotatable bonds is 4. The lowest BCUT2D eigenvalue weighted by Crippen LogP contribution is -1.99. The Morgan fingerprint density at radius 1 is 1.05 bits per heavy atom. The van der Waals surface area contributed by atoms with Gasteiger partial charge in [0, 0.05) is 15.1 Å². The Morgan fingerprint density at radius 2 is 1.68 bits per heavy atom. The predicted octanol–water partition coefficient (Wildman–Crippen LogP) is 5.02. The van der Waals surface area contributed by atoms with Crippen LogP contribution in [0.5, 0.6) is 0 Å². The van der Waals surface area contributed by atoms with Crippen molar-refractivity contribution in [1.29, 1.82) is 0 Å². The van der Waals surface area contributed by atoms with Crippen LogP contribution in [0.4, 0.5) is 0 Å². The van der Waals surface area contributed by atoms with Crippen LogP contribution in [-0.4, -0.2) is 4.55 Å². The first-order chi connectivity index (χ1) is 9.13. The summed E-state index contributed by atoms with van der Waals surface area (Å²) < 4.78 is 13.0. The van der Waals surface area contributed by atoms with Gasteiger partial charge in [-0.3, -0.25) is 0 Å². The van der Waals surface area contributed by atoms with Crippen LogP contribution >= 0.6 is 27.5 Å². The highest BCUT2D eigenvalue weighted by molar-refractivity contribution is 9.10. The molecule has 2 aromatic carbocycles. The van der Waals surface area contributed by atoms with Crippen molar-refractivity contribution in [2.45, 2.75) is 5.75 Å². The van der Waals surface area contributed by atoms with Gasteiger partial charge in [0.1, 0.15) is 11.2 Å². The number of halogens is 2. The fourth-order valence-electron chi connectivity index (χ4n) is 1.52. The zero-order valence-corrected chi connectivity index (χ0v) is 13.2. The van der Waals surface area contributed by atoms with Gasteiger partial charge in [-0.1, -0.05) is 51.8 Å². The van der Waals surface area contributed by atoms with E-state index in [-0.39, 0.29) is 0 Å². The van der Waals surface area contributed by atoms with Crippen molar-refractivity contribution in [3.05, 3.63) is 74.6 Å². The Kier molecular flexibility index (Phi) is 5.52. The highest BCUT2D eigenvalue weighted by Gasteiger charge is 2.03. The smallest absolute Gasteiger partial charge is 0.135 e. The number of hydrogen-bond acceptors (Lipinski definition) is 1. The van der Waals surface area contributed by atoms with Gasteiger partial charge in [0.2, 0.25) is 0 Å². The molecule has 0 radical (unpaired) electrons. The molecule has 1 unspecified atom stereocenters. The molecule has 19 heavy (non-hydrogen) atoms. The SMILES string of the molecule is [O-][S+](/C=C/c1ccc(Br)cc1)Cc1ccc(Cl)cc1. The maximum atomic E-state index is 11.9. The van der Waals surface area contributed by atoms with Gasteiger partial charge in [-0.25, -0.2) is 0 Å². The fourth-order valence-corrected chi connectivity index (χ4v) is 2.84. The summed E-state index contributed by atoms with van der Waals surface area (Å²) in [4.78, 5) is 0. The van der Waals surface area contributed by atoms with Gasteiger partial charge < -0.3 is 4.55 Å². The van der Waals surface area contributed by atoms with Crippen molar-refractivity contribution >= 4 is 44.8 Å². The van der Waals surface area contributed by atoms with Crippen LogP contribution in [0.1, 0.15) is 11.1 Å². The first-order valence-corrected chi connectivity index (χ1v) is 8.24. The molecule has 98 valence electrons. The van der Waals surface area contributed by atoms with E-state index in [9.17, 15) is 4.55 Å². The lowest BCUT2D eigenvalue weighted by atomic mass is 10.2. The van der Waals surface area contributed by atoms with Gasteiger partial charge in [0.25, 0.3) is 0 Å². The topological polar surface area (TPSA) is 23.1 Å². The second-order valence-electron chi connectivity index (χ2n) is 4.01. The summed E-state index contributed by atoms with van der Waals surface area (Å²) in [5.74, 6) is 0.504. The fraction of sp³-hybridized carbons (Fsp3) is 0.0667. The van der Waals surface area contributed by atoms with E-state index >= 15 is 0 Å². The minimum atomic E-state index is -1.02. The summed E-state index contributed by atoms with van der Waals surface area (Å²) in [6.07, 6.45) is 1.87.